The highest BCUT2D eigenvalue weighted by molar-refractivity contribution is 6.35. The van der Waals surface area contributed by atoms with Crippen LogP contribution in [0.1, 0.15) is 16.8 Å². The molecular formula is C37H28Cl2N6O3. The van der Waals surface area contributed by atoms with E-state index in [1.807, 2.05) is 84.9 Å². The number of anilines is 1. The Hall–Kier alpha value is -5.82. The Morgan fingerprint density at radius 3 is 2.27 bits per heavy atom. The first kappa shape index (κ1) is 32.1. The number of nitriles is 1. The molecule has 0 saturated carbocycles. The van der Waals surface area contributed by atoms with E-state index in [1.165, 1.54) is 10.8 Å². The predicted octanol–water partition coefficient (Wildman–Crippen LogP) is 7.77. The van der Waals surface area contributed by atoms with Crippen LogP contribution in [0.15, 0.2) is 120 Å². The van der Waals surface area contributed by atoms with E-state index in [9.17, 15) is 14.9 Å². The quantitative estimate of drug-likeness (QED) is 0.125. The number of carbonyl (C=O) groups is 1. The molecule has 6 rings (SSSR count). The van der Waals surface area contributed by atoms with E-state index in [-0.39, 0.29) is 17.9 Å². The average molecular weight is 676 g/mol. The van der Waals surface area contributed by atoms with Gasteiger partial charge in [0.15, 0.2) is 0 Å². The molecule has 0 saturated heterocycles. The molecule has 9 nitrogen and oxygen atoms in total. The van der Waals surface area contributed by atoms with Crippen molar-refractivity contribution in [1.82, 2.24) is 19.1 Å². The maximum Gasteiger partial charge on any atom is 0.295 e. The number of hydrogen-bond acceptors (Lipinski definition) is 5. The van der Waals surface area contributed by atoms with Crippen LogP contribution in [0.4, 0.5) is 5.69 Å². The highest BCUT2D eigenvalue weighted by Crippen LogP contribution is 2.29. The number of nitrogens with one attached hydrogen (secondary N) is 1. The van der Waals surface area contributed by atoms with Crippen LogP contribution < -0.4 is 15.6 Å². The van der Waals surface area contributed by atoms with Crippen molar-refractivity contribution in [3.05, 3.63) is 152 Å². The second-order valence-corrected chi connectivity index (χ2v) is 11.7. The van der Waals surface area contributed by atoms with Gasteiger partial charge in [-0.15, -0.1) is 0 Å². The summed E-state index contributed by atoms with van der Waals surface area (Å²) < 4.78 is 10.7. The molecule has 1 N–H and O–H groups in total. The van der Waals surface area contributed by atoms with Crippen molar-refractivity contribution in [3.8, 4) is 34.5 Å². The highest BCUT2D eigenvalue weighted by atomic mass is 35.5. The van der Waals surface area contributed by atoms with Crippen molar-refractivity contribution in [1.29, 1.82) is 5.26 Å². The van der Waals surface area contributed by atoms with Gasteiger partial charge in [-0.05, 0) is 73.7 Å². The Labute approximate surface area is 286 Å². The number of rotatable bonds is 9. The highest BCUT2D eigenvalue weighted by Gasteiger charge is 2.21. The number of para-hydroxylation sites is 2. The van der Waals surface area contributed by atoms with Gasteiger partial charge in [-0.2, -0.15) is 10.4 Å². The summed E-state index contributed by atoms with van der Waals surface area (Å²) in [5.41, 5.74) is 4.04. The number of nitrogens with zero attached hydrogens (tertiary/aromatic N) is 5. The largest absolute Gasteiger partial charge is 0.489 e. The summed E-state index contributed by atoms with van der Waals surface area (Å²) >= 11 is 12.3. The fourth-order valence-corrected chi connectivity index (χ4v) is 5.60. The van der Waals surface area contributed by atoms with Crippen molar-refractivity contribution >= 4 is 40.9 Å². The first-order valence-corrected chi connectivity index (χ1v) is 15.6. The van der Waals surface area contributed by atoms with Gasteiger partial charge < -0.3 is 10.1 Å². The minimum atomic E-state index is -0.716. The fraction of sp³-hybridized carbons (Fsp3) is 0.0811. The van der Waals surface area contributed by atoms with Gasteiger partial charge in [-0.25, -0.2) is 9.36 Å². The molecule has 2 aromatic heterocycles. The molecule has 0 spiro atoms. The Morgan fingerprint density at radius 1 is 0.958 bits per heavy atom. The summed E-state index contributed by atoms with van der Waals surface area (Å²) in [4.78, 5) is 26.9. The van der Waals surface area contributed by atoms with Gasteiger partial charge >= 0.3 is 0 Å². The first-order chi connectivity index (χ1) is 23.2. The maximum atomic E-state index is 13.5. The molecule has 0 atom stereocenters. The van der Waals surface area contributed by atoms with E-state index in [2.05, 4.69) is 5.32 Å². The van der Waals surface area contributed by atoms with Crippen LogP contribution in [0.5, 0.6) is 5.75 Å². The summed E-state index contributed by atoms with van der Waals surface area (Å²) in [5, 5.41) is 18.6. The van der Waals surface area contributed by atoms with Crippen molar-refractivity contribution < 1.29 is 9.53 Å². The van der Waals surface area contributed by atoms with Crippen LogP contribution in [0, 0.1) is 18.3 Å². The molecule has 0 bridgehead atoms. The van der Waals surface area contributed by atoms with Crippen LogP contribution in [0.2, 0.25) is 10.0 Å². The zero-order valence-corrected chi connectivity index (χ0v) is 27.4. The summed E-state index contributed by atoms with van der Waals surface area (Å²) in [6.45, 7) is 1.98. The van der Waals surface area contributed by atoms with Crippen LogP contribution in [-0.4, -0.2) is 25.1 Å². The van der Waals surface area contributed by atoms with Crippen LogP contribution in [0.25, 0.3) is 28.7 Å². The molecule has 0 fully saturated rings. The predicted molar refractivity (Wildman–Crippen MR) is 188 cm³/mol. The molecule has 4 aromatic carbocycles. The molecule has 0 aliphatic heterocycles. The molecular weight excluding hydrogens is 647 g/mol. The average Bonchev–Trinajstić information content (AvgIpc) is 3.62. The molecule has 48 heavy (non-hydrogen) atoms. The number of amides is 1. The van der Waals surface area contributed by atoms with Gasteiger partial charge in [0.2, 0.25) is 0 Å². The molecule has 1 amide bonds. The molecule has 6 aromatic rings. The standard InChI is InChI=1S/C37H28Cl2N6O3/c1-24-34(37(47)45(43(24)2)31-11-7-4-8-12-31)41-36(46)27(21-40)19-28-22-44(30-9-5-3-6-10-30)42-35(28)25-14-17-32(18-15-25)48-23-26-13-16-29(38)20-33(26)39/h3-20,22H,23H2,1-2H3,(H,41,46)/b27-19+. The molecule has 238 valence electrons. The van der Waals surface area contributed by atoms with E-state index in [0.29, 0.717) is 38.4 Å². The Bertz CT molecular complexity index is 2250. The number of hydrogen-bond donors (Lipinski definition) is 1. The summed E-state index contributed by atoms with van der Waals surface area (Å²) in [6.07, 6.45) is 3.22. The lowest BCUT2D eigenvalue weighted by Gasteiger charge is -2.09. The van der Waals surface area contributed by atoms with Gasteiger partial charge in [-0.3, -0.25) is 14.3 Å². The van der Waals surface area contributed by atoms with Crippen molar-refractivity contribution in [3.63, 3.8) is 0 Å². The normalized spacial score (nSPS) is 11.3. The SMILES string of the molecule is Cc1c(NC(=O)/C(C#N)=C/c2cn(-c3ccccc3)nc2-c2ccc(OCc3ccc(Cl)cc3Cl)cc2)c(=O)n(-c2ccccc2)n1C. The Morgan fingerprint density at radius 2 is 1.62 bits per heavy atom. The van der Waals surface area contributed by atoms with Crippen molar-refractivity contribution in [2.75, 3.05) is 5.32 Å². The minimum Gasteiger partial charge on any atom is -0.489 e. The lowest BCUT2D eigenvalue weighted by molar-refractivity contribution is -0.112. The van der Waals surface area contributed by atoms with Gasteiger partial charge in [-0.1, -0.05) is 65.7 Å². The topological polar surface area (TPSA) is 107 Å². The number of halogens is 2. The molecule has 0 aliphatic carbocycles. The second kappa shape index (κ2) is 13.9. The summed E-state index contributed by atoms with van der Waals surface area (Å²) in [7, 11) is 1.73. The third kappa shape index (κ3) is 6.67. The third-order valence-electron chi connectivity index (χ3n) is 7.76. The second-order valence-electron chi connectivity index (χ2n) is 10.8. The van der Waals surface area contributed by atoms with E-state index < -0.39 is 11.5 Å². The lowest BCUT2D eigenvalue weighted by Crippen LogP contribution is -2.23. The van der Waals surface area contributed by atoms with E-state index in [4.69, 9.17) is 33.0 Å². The molecule has 0 aliphatic rings. The maximum absolute atomic E-state index is 13.5. The van der Waals surface area contributed by atoms with Crippen molar-refractivity contribution in [2.45, 2.75) is 13.5 Å². The first-order valence-electron chi connectivity index (χ1n) is 14.8. The van der Waals surface area contributed by atoms with Gasteiger partial charge in [0.05, 0.1) is 22.8 Å². The number of benzene rings is 4. The molecule has 11 heteroatoms. The van der Waals surface area contributed by atoms with Gasteiger partial charge in [0.25, 0.3) is 11.5 Å². The van der Waals surface area contributed by atoms with Gasteiger partial charge in [0, 0.05) is 40.0 Å². The number of ether oxygens (including phenoxy) is 1. The number of aromatic nitrogens is 4. The fourth-order valence-electron chi connectivity index (χ4n) is 5.14. The zero-order valence-electron chi connectivity index (χ0n) is 25.9. The third-order valence-corrected chi connectivity index (χ3v) is 8.35. The Kier molecular flexibility index (Phi) is 9.30. The van der Waals surface area contributed by atoms with E-state index in [0.717, 1.165) is 16.8 Å². The van der Waals surface area contributed by atoms with Crippen LogP contribution in [-0.2, 0) is 18.4 Å². The minimum absolute atomic E-state index is 0.0863. The van der Waals surface area contributed by atoms with Crippen molar-refractivity contribution in [2.24, 2.45) is 7.05 Å². The summed E-state index contributed by atoms with van der Waals surface area (Å²) in [5.74, 6) is -0.104. The lowest BCUT2D eigenvalue weighted by atomic mass is 10.1. The smallest absolute Gasteiger partial charge is 0.295 e. The summed E-state index contributed by atoms with van der Waals surface area (Å²) in [6, 6.07) is 33.1. The van der Waals surface area contributed by atoms with Crippen LogP contribution in [0.3, 0.4) is 0 Å². The van der Waals surface area contributed by atoms with Gasteiger partial charge in [0.1, 0.15) is 29.7 Å². The number of carbonyl (C=O) groups excluding carboxylic acids is 1. The molecule has 0 radical (unpaired) electrons. The monoisotopic (exact) mass is 674 g/mol. The van der Waals surface area contributed by atoms with E-state index in [1.54, 1.807) is 53.8 Å². The Balaban J connectivity index is 1.31. The van der Waals surface area contributed by atoms with Crippen LogP contribution >= 0.6 is 23.2 Å². The molecule has 0 unspecified atom stereocenters. The van der Waals surface area contributed by atoms with E-state index >= 15 is 0 Å². The molecule has 2 heterocycles. The zero-order chi connectivity index (χ0) is 33.8.